The Bertz CT molecular complexity index is 867. The van der Waals surface area contributed by atoms with E-state index in [1.807, 2.05) is 26.0 Å². The number of rotatable bonds is 5. The average molecular weight is 398 g/mol. The molecule has 2 bridgehead atoms. The summed E-state index contributed by atoms with van der Waals surface area (Å²) in [7, 11) is 0. The summed E-state index contributed by atoms with van der Waals surface area (Å²) in [6.07, 6.45) is 2.91. The summed E-state index contributed by atoms with van der Waals surface area (Å²) in [4.78, 5) is 51.2. The van der Waals surface area contributed by atoms with Crippen LogP contribution in [0.4, 0.5) is 5.69 Å². The molecule has 0 radical (unpaired) electrons. The first-order chi connectivity index (χ1) is 13.8. The fourth-order valence-electron chi connectivity index (χ4n) is 5.32. The lowest BCUT2D eigenvalue weighted by atomic mass is 9.81. The van der Waals surface area contributed by atoms with E-state index >= 15 is 0 Å². The lowest BCUT2D eigenvalue weighted by Gasteiger charge is -2.23. The Morgan fingerprint density at radius 3 is 2.34 bits per heavy atom. The SMILES string of the molecule is Cc1ccc(NC(=O)COC(=O)[C@H](C)N2C(=O)[C@H]3[C@@H]4CC[C@@H](C4)[C@@H]3C2=O)c(C)c1. The third kappa shape index (κ3) is 3.32. The monoisotopic (exact) mass is 398 g/mol. The molecule has 0 aromatic heterocycles. The zero-order valence-corrected chi connectivity index (χ0v) is 16.9. The number of hydrogen-bond acceptors (Lipinski definition) is 5. The van der Waals surface area contributed by atoms with Gasteiger partial charge in [0.25, 0.3) is 5.91 Å². The molecule has 1 N–H and O–H groups in total. The highest BCUT2D eigenvalue weighted by atomic mass is 16.5. The Hall–Kier alpha value is -2.70. The van der Waals surface area contributed by atoms with Gasteiger partial charge in [0, 0.05) is 5.69 Å². The van der Waals surface area contributed by atoms with E-state index in [1.54, 1.807) is 6.07 Å². The Balaban J connectivity index is 1.34. The van der Waals surface area contributed by atoms with Crippen molar-refractivity contribution in [1.82, 2.24) is 4.90 Å². The molecule has 1 aromatic rings. The Morgan fingerprint density at radius 1 is 1.14 bits per heavy atom. The lowest BCUT2D eigenvalue weighted by molar-refractivity contribution is -0.159. The van der Waals surface area contributed by atoms with Crippen LogP contribution in [-0.2, 0) is 23.9 Å². The second kappa shape index (κ2) is 7.28. The van der Waals surface area contributed by atoms with Gasteiger partial charge in [0.1, 0.15) is 6.04 Å². The number of hydrogen-bond donors (Lipinski definition) is 1. The smallest absolute Gasteiger partial charge is 0.329 e. The lowest BCUT2D eigenvalue weighted by Crippen LogP contribution is -2.45. The standard InChI is InChI=1S/C22H26N2O5/c1-11-4-7-16(12(2)8-11)23-17(25)10-29-22(28)13(3)24-20(26)18-14-5-6-15(9-14)19(18)21(24)27/h4,7-8,13-15,18-19H,5-6,9-10H2,1-3H3,(H,23,25)/t13-,14-,15+,18-,19-/m0/s1. The summed E-state index contributed by atoms with van der Waals surface area (Å²) in [5.74, 6) is -1.74. The van der Waals surface area contributed by atoms with Crippen LogP contribution in [0.15, 0.2) is 18.2 Å². The van der Waals surface area contributed by atoms with Crippen molar-refractivity contribution in [2.75, 3.05) is 11.9 Å². The molecular formula is C22H26N2O5. The summed E-state index contributed by atoms with van der Waals surface area (Å²) in [6.45, 7) is 4.86. The molecule has 7 nitrogen and oxygen atoms in total. The normalized spacial score (nSPS) is 28.4. The van der Waals surface area contributed by atoms with Crippen molar-refractivity contribution in [3.8, 4) is 0 Å². The molecule has 2 aliphatic carbocycles. The number of aryl methyl sites for hydroxylation is 2. The maximum absolute atomic E-state index is 12.8. The third-order valence-corrected chi connectivity index (χ3v) is 6.69. The van der Waals surface area contributed by atoms with E-state index in [-0.39, 0.29) is 35.5 Å². The van der Waals surface area contributed by atoms with Gasteiger partial charge in [-0.3, -0.25) is 19.3 Å². The Kier molecular flexibility index (Phi) is 4.92. The molecule has 0 spiro atoms. The molecule has 154 valence electrons. The highest BCUT2D eigenvalue weighted by Crippen LogP contribution is 2.56. The first-order valence-electron chi connectivity index (χ1n) is 10.2. The van der Waals surface area contributed by atoms with Crippen LogP contribution in [0.3, 0.4) is 0 Å². The van der Waals surface area contributed by atoms with Crippen LogP contribution >= 0.6 is 0 Å². The number of fused-ring (bicyclic) bond motifs is 5. The largest absolute Gasteiger partial charge is 0.454 e. The fourth-order valence-corrected chi connectivity index (χ4v) is 5.32. The van der Waals surface area contributed by atoms with Crippen LogP contribution in [0.5, 0.6) is 0 Å². The molecule has 0 unspecified atom stereocenters. The fraction of sp³-hybridized carbons (Fsp3) is 0.545. The van der Waals surface area contributed by atoms with Crippen molar-refractivity contribution in [2.24, 2.45) is 23.7 Å². The predicted octanol–water partition coefficient (Wildman–Crippen LogP) is 2.20. The van der Waals surface area contributed by atoms with Crippen molar-refractivity contribution in [3.05, 3.63) is 29.3 Å². The maximum atomic E-state index is 12.8. The van der Waals surface area contributed by atoms with E-state index in [0.29, 0.717) is 5.69 Å². The molecular weight excluding hydrogens is 372 g/mol. The minimum Gasteiger partial charge on any atom is -0.454 e. The van der Waals surface area contributed by atoms with Gasteiger partial charge >= 0.3 is 5.97 Å². The predicted molar refractivity (Wildman–Crippen MR) is 105 cm³/mol. The van der Waals surface area contributed by atoms with Gasteiger partial charge in [0.2, 0.25) is 11.8 Å². The van der Waals surface area contributed by atoms with Crippen molar-refractivity contribution in [3.63, 3.8) is 0 Å². The first kappa shape index (κ1) is 19.6. The maximum Gasteiger partial charge on any atom is 0.329 e. The molecule has 3 fully saturated rings. The number of nitrogens with one attached hydrogen (secondary N) is 1. The van der Waals surface area contributed by atoms with E-state index in [4.69, 9.17) is 4.74 Å². The molecule has 7 heteroatoms. The van der Waals surface area contributed by atoms with Crippen molar-refractivity contribution in [2.45, 2.75) is 46.1 Å². The number of anilines is 1. The molecule has 5 atom stereocenters. The zero-order chi connectivity index (χ0) is 20.9. The highest BCUT2D eigenvalue weighted by molar-refractivity contribution is 6.08. The van der Waals surface area contributed by atoms with E-state index < -0.39 is 24.5 Å². The Labute approximate surface area is 169 Å². The van der Waals surface area contributed by atoms with Gasteiger partial charge in [-0.05, 0) is 63.5 Å². The van der Waals surface area contributed by atoms with Crippen LogP contribution in [0, 0.1) is 37.5 Å². The van der Waals surface area contributed by atoms with E-state index in [9.17, 15) is 19.2 Å². The minimum atomic E-state index is -1.02. The molecule has 2 saturated carbocycles. The molecule has 3 amide bonds. The molecule has 4 rings (SSSR count). The van der Waals surface area contributed by atoms with Crippen molar-refractivity contribution >= 4 is 29.4 Å². The first-order valence-corrected chi connectivity index (χ1v) is 10.2. The van der Waals surface area contributed by atoms with E-state index in [0.717, 1.165) is 35.3 Å². The van der Waals surface area contributed by atoms with Gasteiger partial charge in [-0.2, -0.15) is 0 Å². The zero-order valence-electron chi connectivity index (χ0n) is 16.9. The van der Waals surface area contributed by atoms with Crippen LogP contribution in [0.2, 0.25) is 0 Å². The van der Waals surface area contributed by atoms with Crippen LogP contribution in [0.1, 0.15) is 37.3 Å². The molecule has 29 heavy (non-hydrogen) atoms. The van der Waals surface area contributed by atoms with Gasteiger partial charge in [0.05, 0.1) is 11.8 Å². The van der Waals surface area contributed by atoms with Gasteiger partial charge in [0.15, 0.2) is 6.61 Å². The molecule has 3 aliphatic rings. The number of benzene rings is 1. The van der Waals surface area contributed by atoms with Crippen molar-refractivity contribution < 1.29 is 23.9 Å². The summed E-state index contributed by atoms with van der Waals surface area (Å²) in [5, 5.41) is 2.71. The number of amides is 3. The van der Waals surface area contributed by atoms with Gasteiger partial charge in [-0.15, -0.1) is 0 Å². The van der Waals surface area contributed by atoms with Gasteiger partial charge in [-0.25, -0.2) is 4.79 Å². The number of imide groups is 1. The quantitative estimate of drug-likeness (QED) is 0.606. The second-order valence-corrected chi connectivity index (χ2v) is 8.58. The molecule has 1 saturated heterocycles. The highest BCUT2D eigenvalue weighted by Gasteiger charge is 2.62. The van der Waals surface area contributed by atoms with E-state index in [1.165, 1.54) is 6.92 Å². The number of carbonyl (C=O) groups is 4. The number of nitrogens with zero attached hydrogens (tertiary/aromatic N) is 1. The Morgan fingerprint density at radius 2 is 1.76 bits per heavy atom. The van der Waals surface area contributed by atoms with Crippen LogP contribution in [0.25, 0.3) is 0 Å². The average Bonchev–Trinajstić information content (AvgIpc) is 3.35. The number of carbonyl (C=O) groups excluding carboxylic acids is 4. The topological polar surface area (TPSA) is 92.8 Å². The summed E-state index contributed by atoms with van der Waals surface area (Å²) in [5.41, 5.74) is 2.64. The van der Waals surface area contributed by atoms with Gasteiger partial charge in [-0.1, -0.05) is 17.7 Å². The van der Waals surface area contributed by atoms with Crippen molar-refractivity contribution in [1.29, 1.82) is 0 Å². The number of likely N-dealkylation sites (tertiary alicyclic amines) is 1. The number of esters is 1. The molecule has 1 aromatic carbocycles. The number of ether oxygens (including phenoxy) is 1. The van der Waals surface area contributed by atoms with Crippen LogP contribution < -0.4 is 5.32 Å². The third-order valence-electron chi connectivity index (χ3n) is 6.69. The van der Waals surface area contributed by atoms with Gasteiger partial charge < -0.3 is 10.1 Å². The van der Waals surface area contributed by atoms with Crippen LogP contribution in [-0.4, -0.2) is 41.2 Å². The second-order valence-electron chi connectivity index (χ2n) is 8.58. The molecule has 1 heterocycles. The summed E-state index contributed by atoms with van der Waals surface area (Å²) in [6, 6.07) is 4.60. The minimum absolute atomic E-state index is 0.253. The summed E-state index contributed by atoms with van der Waals surface area (Å²) >= 11 is 0. The molecule has 1 aliphatic heterocycles. The summed E-state index contributed by atoms with van der Waals surface area (Å²) < 4.78 is 5.10. The van der Waals surface area contributed by atoms with E-state index in [2.05, 4.69) is 5.32 Å².